The second kappa shape index (κ2) is 11.9. The number of aromatic amines is 1. The van der Waals surface area contributed by atoms with Crippen molar-refractivity contribution in [3.8, 4) is 22.6 Å². The molecule has 1 heterocycles. The van der Waals surface area contributed by atoms with Crippen molar-refractivity contribution in [2.24, 2.45) is 5.10 Å². The van der Waals surface area contributed by atoms with E-state index < -0.39 is 11.9 Å². The fourth-order valence-electron chi connectivity index (χ4n) is 4.26. The number of aromatic nitrogens is 1. The van der Waals surface area contributed by atoms with Crippen LogP contribution < -0.4 is 14.9 Å². The molecule has 0 atom stereocenters. The van der Waals surface area contributed by atoms with Crippen molar-refractivity contribution in [1.82, 2.24) is 10.4 Å². The summed E-state index contributed by atoms with van der Waals surface area (Å²) in [6.45, 7) is 2.01. The van der Waals surface area contributed by atoms with Crippen LogP contribution in [0, 0.1) is 6.92 Å². The highest BCUT2D eigenvalue weighted by atomic mass is 79.9. The first-order chi connectivity index (χ1) is 19.3. The number of rotatable bonds is 7. The Kier molecular flexibility index (Phi) is 8.14. The molecule has 0 bridgehead atoms. The van der Waals surface area contributed by atoms with E-state index in [4.69, 9.17) is 9.47 Å². The zero-order chi connectivity index (χ0) is 28.2. The van der Waals surface area contributed by atoms with Crippen molar-refractivity contribution in [2.45, 2.75) is 6.92 Å². The fraction of sp³-hybridized carbons (Fsp3) is 0.0645. The number of hydrazone groups is 1. The van der Waals surface area contributed by atoms with Crippen LogP contribution in [0.4, 0.5) is 0 Å². The molecule has 0 saturated carbocycles. The van der Waals surface area contributed by atoms with E-state index in [2.05, 4.69) is 53.4 Å². The SMILES string of the molecule is COc1ccc(C(=O)Oc2c(Br)cc(Br)cc2C=NNC(=O)c2[nH]c3ccc(C)cc3c2-c2ccccc2)cc1. The molecule has 2 N–H and O–H groups in total. The monoisotopic (exact) mass is 659 g/mol. The molecular weight excluding hydrogens is 638 g/mol. The van der Waals surface area contributed by atoms with Gasteiger partial charge in [-0.25, -0.2) is 10.2 Å². The van der Waals surface area contributed by atoms with E-state index in [1.165, 1.54) is 6.21 Å². The number of hydrogen-bond acceptors (Lipinski definition) is 5. The number of esters is 1. The van der Waals surface area contributed by atoms with Crippen LogP contribution in [-0.4, -0.2) is 30.2 Å². The second-order valence-electron chi connectivity index (χ2n) is 8.91. The van der Waals surface area contributed by atoms with Crippen molar-refractivity contribution in [1.29, 1.82) is 0 Å². The van der Waals surface area contributed by atoms with Crippen LogP contribution in [0.2, 0.25) is 0 Å². The number of amides is 1. The third-order valence-corrected chi connectivity index (χ3v) is 7.22. The maximum atomic E-state index is 13.3. The van der Waals surface area contributed by atoms with E-state index in [9.17, 15) is 9.59 Å². The minimum atomic E-state index is -0.551. The van der Waals surface area contributed by atoms with Crippen LogP contribution >= 0.6 is 31.9 Å². The Hall–Kier alpha value is -4.21. The molecule has 1 aromatic heterocycles. The highest BCUT2D eigenvalue weighted by Crippen LogP contribution is 2.34. The maximum Gasteiger partial charge on any atom is 0.343 e. The molecule has 0 aliphatic heterocycles. The summed E-state index contributed by atoms with van der Waals surface area (Å²) in [4.78, 5) is 29.4. The Morgan fingerprint density at radius 3 is 2.42 bits per heavy atom. The predicted molar refractivity (Wildman–Crippen MR) is 163 cm³/mol. The molecule has 0 unspecified atom stereocenters. The van der Waals surface area contributed by atoms with E-state index in [-0.39, 0.29) is 5.75 Å². The lowest BCUT2D eigenvalue weighted by atomic mass is 10.0. The molecule has 0 radical (unpaired) electrons. The molecule has 0 fully saturated rings. The van der Waals surface area contributed by atoms with Gasteiger partial charge in [0.15, 0.2) is 5.75 Å². The first-order valence-corrected chi connectivity index (χ1v) is 13.8. The van der Waals surface area contributed by atoms with Gasteiger partial charge in [0.1, 0.15) is 11.4 Å². The average molecular weight is 661 g/mol. The number of ether oxygens (including phenoxy) is 2. The van der Waals surface area contributed by atoms with Gasteiger partial charge >= 0.3 is 5.97 Å². The number of fused-ring (bicyclic) bond motifs is 1. The van der Waals surface area contributed by atoms with Gasteiger partial charge < -0.3 is 14.5 Å². The van der Waals surface area contributed by atoms with Crippen LogP contribution in [-0.2, 0) is 0 Å². The van der Waals surface area contributed by atoms with Crippen molar-refractivity contribution in [2.75, 3.05) is 7.11 Å². The Morgan fingerprint density at radius 2 is 1.70 bits per heavy atom. The number of carbonyl (C=O) groups is 2. The molecule has 5 rings (SSSR count). The van der Waals surface area contributed by atoms with E-state index in [1.54, 1.807) is 43.5 Å². The zero-order valence-electron chi connectivity index (χ0n) is 21.5. The Morgan fingerprint density at radius 1 is 0.950 bits per heavy atom. The smallest absolute Gasteiger partial charge is 0.343 e. The summed E-state index contributed by atoms with van der Waals surface area (Å²) in [7, 11) is 1.55. The van der Waals surface area contributed by atoms with Gasteiger partial charge in [0, 0.05) is 26.5 Å². The van der Waals surface area contributed by atoms with Gasteiger partial charge in [-0.3, -0.25) is 4.79 Å². The third-order valence-electron chi connectivity index (χ3n) is 6.17. The lowest BCUT2D eigenvalue weighted by Gasteiger charge is -2.11. The van der Waals surface area contributed by atoms with Crippen LogP contribution in [0.15, 0.2) is 99.0 Å². The lowest BCUT2D eigenvalue weighted by molar-refractivity contribution is 0.0732. The van der Waals surface area contributed by atoms with Crippen LogP contribution in [0.1, 0.15) is 32.0 Å². The number of H-pyrrole nitrogens is 1. The number of benzene rings is 4. The summed E-state index contributed by atoms with van der Waals surface area (Å²) >= 11 is 6.91. The number of hydrogen-bond donors (Lipinski definition) is 2. The van der Waals surface area contributed by atoms with Crippen LogP contribution in [0.3, 0.4) is 0 Å². The number of methoxy groups -OCH3 is 1. The summed E-state index contributed by atoms with van der Waals surface area (Å²) in [5.41, 5.74) is 7.48. The second-order valence-corrected chi connectivity index (χ2v) is 10.7. The van der Waals surface area contributed by atoms with Gasteiger partial charge in [-0.15, -0.1) is 0 Å². The normalized spacial score (nSPS) is 11.1. The molecule has 5 aromatic rings. The molecular formula is C31H23Br2N3O4. The van der Waals surface area contributed by atoms with E-state index in [0.717, 1.165) is 32.1 Å². The minimum absolute atomic E-state index is 0.257. The molecule has 1 amide bonds. The first-order valence-electron chi connectivity index (χ1n) is 12.2. The standard InChI is InChI=1S/C31H23Br2N3O4/c1-18-8-13-26-24(14-18)27(19-6-4-3-5-7-19)28(35-26)30(37)36-34-17-21-15-22(32)16-25(33)29(21)40-31(38)20-9-11-23(39-2)12-10-20/h3-17,35H,1-2H3,(H,36,37). The van der Waals surface area contributed by atoms with E-state index >= 15 is 0 Å². The molecule has 0 saturated heterocycles. The van der Waals surface area contributed by atoms with Crippen molar-refractivity contribution in [3.05, 3.63) is 116 Å². The fourth-order valence-corrected chi connectivity index (χ4v) is 5.60. The lowest BCUT2D eigenvalue weighted by Crippen LogP contribution is -2.19. The zero-order valence-corrected chi connectivity index (χ0v) is 24.7. The maximum absolute atomic E-state index is 13.3. The molecule has 9 heteroatoms. The van der Waals surface area contributed by atoms with Crippen molar-refractivity contribution >= 4 is 60.9 Å². The molecule has 0 aliphatic rings. The third kappa shape index (κ3) is 5.85. The van der Waals surface area contributed by atoms with Gasteiger partial charge in [0.05, 0.1) is 23.4 Å². The number of halogens is 2. The molecule has 40 heavy (non-hydrogen) atoms. The molecule has 4 aromatic carbocycles. The van der Waals surface area contributed by atoms with Gasteiger partial charge in [-0.1, -0.05) is 57.9 Å². The average Bonchev–Trinajstić information content (AvgIpc) is 3.34. The van der Waals surface area contributed by atoms with E-state index in [1.807, 2.05) is 49.4 Å². The highest BCUT2D eigenvalue weighted by molar-refractivity contribution is 9.11. The number of carbonyl (C=O) groups excluding carboxylic acids is 2. The summed E-state index contributed by atoms with van der Waals surface area (Å²) in [6, 6.07) is 25.8. The van der Waals surface area contributed by atoms with Crippen LogP contribution in [0.5, 0.6) is 11.5 Å². The van der Waals surface area contributed by atoms with Crippen LogP contribution in [0.25, 0.3) is 22.0 Å². The molecule has 0 aliphatic carbocycles. The number of aryl methyl sites for hydroxylation is 1. The predicted octanol–water partition coefficient (Wildman–Crippen LogP) is 7.66. The summed E-state index contributed by atoms with van der Waals surface area (Å²) in [5, 5.41) is 5.14. The molecule has 0 spiro atoms. The quantitative estimate of drug-likeness (QED) is 0.0811. The minimum Gasteiger partial charge on any atom is -0.497 e. The highest BCUT2D eigenvalue weighted by Gasteiger charge is 2.20. The summed E-state index contributed by atoms with van der Waals surface area (Å²) in [5.74, 6) is -0.0708. The van der Waals surface area contributed by atoms with Gasteiger partial charge in [0.25, 0.3) is 5.91 Å². The van der Waals surface area contributed by atoms with Gasteiger partial charge in [-0.05, 0) is 76.9 Å². The summed E-state index contributed by atoms with van der Waals surface area (Å²) < 4.78 is 12.1. The first kappa shape index (κ1) is 27.4. The summed E-state index contributed by atoms with van der Waals surface area (Å²) in [6.07, 6.45) is 1.43. The molecule has 200 valence electrons. The van der Waals surface area contributed by atoms with E-state index in [0.29, 0.717) is 27.0 Å². The Bertz CT molecular complexity index is 1750. The molecule has 7 nitrogen and oxygen atoms in total. The van der Waals surface area contributed by atoms with Gasteiger partial charge in [0.2, 0.25) is 0 Å². The van der Waals surface area contributed by atoms with Crippen molar-refractivity contribution < 1.29 is 19.1 Å². The number of nitrogens with zero attached hydrogens (tertiary/aromatic N) is 1. The largest absolute Gasteiger partial charge is 0.497 e. The van der Waals surface area contributed by atoms with Gasteiger partial charge in [-0.2, -0.15) is 5.10 Å². The Balaban J connectivity index is 1.42. The number of nitrogens with one attached hydrogen (secondary N) is 2. The Labute approximate surface area is 247 Å². The topological polar surface area (TPSA) is 92.8 Å². The van der Waals surface area contributed by atoms with Crippen molar-refractivity contribution in [3.63, 3.8) is 0 Å².